The van der Waals surface area contributed by atoms with Gasteiger partial charge in [0.05, 0.1) is 17.6 Å². The van der Waals surface area contributed by atoms with Crippen LogP contribution in [-0.4, -0.2) is 53.8 Å². The van der Waals surface area contributed by atoms with Crippen LogP contribution in [-0.2, 0) is 9.47 Å². The summed E-state index contributed by atoms with van der Waals surface area (Å²) < 4.78 is 12.2. The summed E-state index contributed by atoms with van der Waals surface area (Å²) in [5, 5.41) is 0. The Kier molecular flexibility index (Phi) is 23.3. The first kappa shape index (κ1) is 29.8. The molecule has 170 valence electrons. The molecule has 0 fully saturated rings. The van der Waals surface area contributed by atoms with E-state index in [-0.39, 0.29) is 0 Å². The molecular weight excluding hydrogens is 457 g/mol. The molecule has 0 saturated heterocycles. The van der Waals surface area contributed by atoms with Gasteiger partial charge in [0.25, 0.3) is 0 Å². The molecule has 8 heteroatoms. The lowest BCUT2D eigenvalue weighted by atomic mass is 10.3. The monoisotopic (exact) mass is 502 g/mol. The molecule has 0 rings (SSSR count). The summed E-state index contributed by atoms with van der Waals surface area (Å²) >= 11 is 0. The summed E-state index contributed by atoms with van der Waals surface area (Å²) in [5.74, 6) is 2.50. The highest BCUT2D eigenvalue weighted by Gasteiger charge is 2.15. The van der Waals surface area contributed by atoms with Crippen molar-refractivity contribution in [2.45, 2.75) is 103 Å². The van der Waals surface area contributed by atoms with Gasteiger partial charge >= 0.3 is 0 Å². The summed E-state index contributed by atoms with van der Waals surface area (Å²) in [7, 11) is 6.59. The van der Waals surface area contributed by atoms with Crippen molar-refractivity contribution < 1.29 is 9.47 Å². The topological polar surface area (TPSA) is 18.5 Å². The van der Waals surface area contributed by atoms with Gasteiger partial charge in [-0.2, -0.15) is 0 Å². The number of ether oxygens (including phenoxy) is 2. The molecule has 0 aliphatic rings. The van der Waals surface area contributed by atoms with Gasteiger partial charge in [-0.3, -0.25) is 0 Å². The third-order valence-electron chi connectivity index (χ3n) is 4.70. The van der Waals surface area contributed by atoms with E-state index in [1.807, 2.05) is 41.2 Å². The molecule has 0 amide bonds. The molecule has 0 saturated carbocycles. The molecule has 0 aromatic heterocycles. The Bertz CT molecular complexity index is 297. The Morgan fingerprint density at radius 3 is 1.36 bits per heavy atom. The molecule has 0 N–H and O–H groups in total. The van der Waals surface area contributed by atoms with Gasteiger partial charge in [0, 0.05) is 36.2 Å². The second-order valence-electron chi connectivity index (χ2n) is 8.08. The first-order chi connectivity index (χ1) is 13.5. The van der Waals surface area contributed by atoms with Crippen LogP contribution in [0.4, 0.5) is 0 Å². The second kappa shape index (κ2) is 22.0. The Morgan fingerprint density at radius 1 is 0.643 bits per heavy atom. The highest BCUT2D eigenvalue weighted by molar-refractivity contribution is 9.26. The van der Waals surface area contributed by atoms with Gasteiger partial charge < -0.3 is 9.47 Å². The standard InChI is InChI=1S/C20H46O2S4Si2/c1-7-9-15-21-19(27(3)4)13-11-17-23-25-26-24-18-12-14-20(28(5)6)22-16-10-8-2/h19-20,27-28H,7-18H2,1-6H3. The fraction of sp³-hybridized carbons (Fsp3) is 1.00. The van der Waals surface area contributed by atoms with Crippen LogP contribution >= 0.6 is 41.2 Å². The Morgan fingerprint density at radius 2 is 1.04 bits per heavy atom. The van der Waals surface area contributed by atoms with Crippen LogP contribution in [0.2, 0.25) is 26.2 Å². The van der Waals surface area contributed by atoms with E-state index in [0.29, 0.717) is 11.5 Å². The lowest BCUT2D eigenvalue weighted by Crippen LogP contribution is -2.28. The van der Waals surface area contributed by atoms with Gasteiger partial charge in [-0.25, -0.2) is 0 Å². The Balaban J connectivity index is 3.57. The maximum absolute atomic E-state index is 6.11. The zero-order chi connectivity index (χ0) is 21.0. The molecule has 2 atom stereocenters. The van der Waals surface area contributed by atoms with E-state index in [9.17, 15) is 0 Å². The van der Waals surface area contributed by atoms with Gasteiger partial charge in [-0.1, -0.05) is 74.5 Å². The maximum atomic E-state index is 6.11. The highest BCUT2D eigenvalue weighted by Crippen LogP contribution is 2.43. The Hall–Kier alpha value is 1.75. The van der Waals surface area contributed by atoms with Crippen LogP contribution in [0.1, 0.15) is 65.2 Å². The minimum absolute atomic E-state index is 0.580. The maximum Gasteiger partial charge on any atom is 0.0656 e. The van der Waals surface area contributed by atoms with Crippen molar-refractivity contribution in [3.05, 3.63) is 0 Å². The number of unbranched alkanes of at least 4 members (excludes halogenated alkanes) is 2. The van der Waals surface area contributed by atoms with Gasteiger partial charge in [0.15, 0.2) is 0 Å². The van der Waals surface area contributed by atoms with Crippen molar-refractivity contribution in [1.82, 2.24) is 0 Å². The summed E-state index contributed by atoms with van der Waals surface area (Å²) in [5.41, 5.74) is 1.16. The fourth-order valence-electron chi connectivity index (χ4n) is 2.77. The minimum Gasteiger partial charge on any atom is -0.382 e. The average Bonchev–Trinajstić information content (AvgIpc) is 2.66. The molecule has 0 bridgehead atoms. The summed E-state index contributed by atoms with van der Waals surface area (Å²) in [6, 6.07) is 0. The predicted octanol–water partition coefficient (Wildman–Crippen LogP) is 7.65. The molecular formula is C20H46O2S4Si2. The number of hydrogen-bond acceptors (Lipinski definition) is 6. The van der Waals surface area contributed by atoms with Crippen LogP contribution in [0.25, 0.3) is 0 Å². The first-order valence-corrected chi connectivity index (χ1v) is 22.4. The van der Waals surface area contributed by atoms with E-state index in [4.69, 9.17) is 9.47 Å². The number of rotatable bonds is 21. The summed E-state index contributed by atoms with van der Waals surface area (Å²) in [4.78, 5) is 0. The van der Waals surface area contributed by atoms with Crippen LogP contribution in [0.5, 0.6) is 0 Å². The van der Waals surface area contributed by atoms with Crippen LogP contribution < -0.4 is 0 Å². The normalized spacial score (nSPS) is 14.1. The SMILES string of the molecule is CCCCOC(CCCSSSSCCCC(OCCCC)[SiH](C)C)[SiH](C)C. The largest absolute Gasteiger partial charge is 0.382 e. The van der Waals surface area contributed by atoms with E-state index < -0.39 is 17.6 Å². The van der Waals surface area contributed by atoms with Crippen LogP contribution in [0.15, 0.2) is 0 Å². The van der Waals surface area contributed by atoms with Crippen molar-refractivity contribution in [3.63, 3.8) is 0 Å². The van der Waals surface area contributed by atoms with E-state index in [1.165, 1.54) is 62.9 Å². The first-order valence-electron chi connectivity index (χ1n) is 11.3. The van der Waals surface area contributed by atoms with E-state index >= 15 is 0 Å². The lowest BCUT2D eigenvalue weighted by Gasteiger charge is -2.20. The van der Waals surface area contributed by atoms with Gasteiger partial charge in [-0.05, 0) is 58.2 Å². The fourth-order valence-corrected chi connectivity index (χ4v) is 11.8. The lowest BCUT2D eigenvalue weighted by molar-refractivity contribution is 0.0940. The second-order valence-corrected chi connectivity index (χ2v) is 20.8. The van der Waals surface area contributed by atoms with E-state index in [2.05, 4.69) is 40.0 Å². The van der Waals surface area contributed by atoms with Crippen molar-refractivity contribution >= 4 is 58.8 Å². The van der Waals surface area contributed by atoms with Crippen LogP contribution in [0.3, 0.4) is 0 Å². The van der Waals surface area contributed by atoms with Crippen molar-refractivity contribution in [2.75, 3.05) is 24.7 Å². The average molecular weight is 503 g/mol. The van der Waals surface area contributed by atoms with Gasteiger partial charge in [-0.15, -0.1) is 0 Å². The highest BCUT2D eigenvalue weighted by atomic mass is 33.7. The zero-order valence-electron chi connectivity index (χ0n) is 19.2. The van der Waals surface area contributed by atoms with E-state index in [0.717, 1.165) is 13.2 Å². The molecule has 0 radical (unpaired) electrons. The molecule has 0 aromatic carbocycles. The zero-order valence-corrected chi connectivity index (χ0v) is 24.8. The van der Waals surface area contributed by atoms with Crippen molar-refractivity contribution in [2.24, 2.45) is 0 Å². The molecule has 0 aliphatic heterocycles. The van der Waals surface area contributed by atoms with E-state index in [1.54, 1.807) is 0 Å². The molecule has 2 unspecified atom stereocenters. The molecule has 0 aliphatic carbocycles. The van der Waals surface area contributed by atoms with Crippen molar-refractivity contribution in [1.29, 1.82) is 0 Å². The van der Waals surface area contributed by atoms with Gasteiger partial charge in [0.1, 0.15) is 0 Å². The molecule has 0 heterocycles. The molecule has 0 spiro atoms. The smallest absolute Gasteiger partial charge is 0.0656 e. The quantitative estimate of drug-likeness (QED) is 0.0905. The molecule has 0 aromatic rings. The van der Waals surface area contributed by atoms with Gasteiger partial charge in [0.2, 0.25) is 0 Å². The third kappa shape index (κ3) is 18.5. The Labute approximate surface area is 195 Å². The van der Waals surface area contributed by atoms with Crippen molar-refractivity contribution in [3.8, 4) is 0 Å². The predicted molar refractivity (Wildman–Crippen MR) is 146 cm³/mol. The summed E-state index contributed by atoms with van der Waals surface area (Å²) in [6.07, 6.45) is 10.00. The summed E-state index contributed by atoms with van der Waals surface area (Å²) in [6.45, 7) is 16.1. The minimum atomic E-state index is -0.687. The third-order valence-corrected chi connectivity index (χ3v) is 15.4. The van der Waals surface area contributed by atoms with Crippen LogP contribution in [0, 0.1) is 0 Å². The number of hydrogen-bond donors (Lipinski definition) is 0. The molecule has 2 nitrogen and oxygen atoms in total. The molecule has 28 heavy (non-hydrogen) atoms.